The summed E-state index contributed by atoms with van der Waals surface area (Å²) in [5, 5.41) is 0.482. The summed E-state index contributed by atoms with van der Waals surface area (Å²) in [6, 6.07) is 0. The molecular weight excluding hydrogens is 248 g/mol. The van der Waals surface area contributed by atoms with Crippen molar-refractivity contribution in [3.05, 3.63) is 10.6 Å². The Kier molecular flexibility index (Phi) is 3.01. The van der Waals surface area contributed by atoms with Crippen LogP contribution in [0.15, 0.2) is 0 Å². The van der Waals surface area contributed by atoms with Gasteiger partial charge in [0.25, 0.3) is 0 Å². The van der Waals surface area contributed by atoms with Crippen molar-refractivity contribution in [2.75, 3.05) is 12.3 Å². The van der Waals surface area contributed by atoms with Gasteiger partial charge >= 0.3 is 5.97 Å². The van der Waals surface area contributed by atoms with E-state index in [2.05, 4.69) is 4.98 Å². The summed E-state index contributed by atoms with van der Waals surface area (Å²) in [6.07, 6.45) is 5.14. The first-order valence-corrected chi connectivity index (χ1v) is 7.44. The van der Waals surface area contributed by atoms with Gasteiger partial charge in [-0.25, -0.2) is 9.78 Å². The van der Waals surface area contributed by atoms with Crippen LogP contribution in [0, 0.1) is 11.8 Å². The van der Waals surface area contributed by atoms with Crippen LogP contribution >= 0.6 is 11.3 Å². The second-order valence-electron chi connectivity index (χ2n) is 5.27. The number of nitrogens with two attached hydrogens (primary N) is 1. The van der Waals surface area contributed by atoms with Crippen LogP contribution in [0.3, 0.4) is 0 Å². The van der Waals surface area contributed by atoms with E-state index < -0.39 is 0 Å². The van der Waals surface area contributed by atoms with E-state index in [-0.39, 0.29) is 5.97 Å². The third-order valence-corrected chi connectivity index (χ3v) is 5.23. The maximum absolute atomic E-state index is 11.9. The molecule has 2 bridgehead atoms. The highest BCUT2D eigenvalue weighted by Crippen LogP contribution is 2.54. The molecule has 1 heterocycles. The van der Waals surface area contributed by atoms with Crippen molar-refractivity contribution in [1.82, 2.24) is 4.98 Å². The number of hydrogen-bond acceptors (Lipinski definition) is 5. The SMILES string of the molecule is CCOC(=O)c1nc(N)sc1C1CC2CCC1C2. The molecule has 0 aliphatic heterocycles. The van der Waals surface area contributed by atoms with Gasteiger partial charge in [-0.2, -0.15) is 0 Å². The van der Waals surface area contributed by atoms with Crippen LogP contribution in [0.4, 0.5) is 5.13 Å². The first-order chi connectivity index (χ1) is 8.69. The second kappa shape index (κ2) is 4.53. The number of carbonyl (C=O) groups excluding carboxylic acids is 1. The number of nitrogens with zero attached hydrogens (tertiary/aromatic N) is 1. The molecule has 0 aromatic carbocycles. The van der Waals surface area contributed by atoms with Crippen LogP contribution in [-0.2, 0) is 4.74 Å². The highest BCUT2D eigenvalue weighted by atomic mass is 32.1. The molecule has 0 spiro atoms. The molecule has 5 heteroatoms. The van der Waals surface area contributed by atoms with Gasteiger partial charge in [0, 0.05) is 4.88 Å². The van der Waals surface area contributed by atoms with Gasteiger partial charge in [-0.3, -0.25) is 0 Å². The lowest BCUT2D eigenvalue weighted by atomic mass is 9.87. The Morgan fingerprint density at radius 3 is 2.94 bits per heavy atom. The Morgan fingerprint density at radius 2 is 2.33 bits per heavy atom. The largest absolute Gasteiger partial charge is 0.461 e. The van der Waals surface area contributed by atoms with E-state index in [9.17, 15) is 4.79 Å². The highest BCUT2D eigenvalue weighted by molar-refractivity contribution is 7.15. The van der Waals surface area contributed by atoms with Crippen molar-refractivity contribution in [1.29, 1.82) is 0 Å². The zero-order valence-corrected chi connectivity index (χ0v) is 11.3. The molecule has 2 fully saturated rings. The lowest BCUT2D eigenvalue weighted by Crippen LogP contribution is -2.13. The van der Waals surface area contributed by atoms with Crippen LogP contribution < -0.4 is 5.73 Å². The molecule has 3 rings (SSSR count). The summed E-state index contributed by atoms with van der Waals surface area (Å²) in [5.41, 5.74) is 6.25. The molecule has 3 atom stereocenters. The quantitative estimate of drug-likeness (QED) is 0.854. The number of hydrogen-bond donors (Lipinski definition) is 1. The summed E-state index contributed by atoms with van der Waals surface area (Å²) in [4.78, 5) is 17.2. The predicted molar refractivity (Wildman–Crippen MR) is 70.7 cm³/mol. The molecule has 0 radical (unpaired) electrons. The average Bonchev–Trinajstić information content (AvgIpc) is 3.02. The van der Waals surface area contributed by atoms with Crippen molar-refractivity contribution in [3.8, 4) is 0 Å². The van der Waals surface area contributed by atoms with Gasteiger partial charge in [0.15, 0.2) is 10.8 Å². The summed E-state index contributed by atoms with van der Waals surface area (Å²) in [7, 11) is 0. The van der Waals surface area contributed by atoms with Crippen LogP contribution in [0.2, 0.25) is 0 Å². The third-order valence-electron chi connectivity index (χ3n) is 4.21. The van der Waals surface area contributed by atoms with Gasteiger partial charge in [-0.05, 0) is 43.9 Å². The number of fused-ring (bicyclic) bond motifs is 2. The maximum Gasteiger partial charge on any atom is 0.358 e. The Labute approximate surface area is 111 Å². The molecule has 2 aliphatic rings. The van der Waals surface area contributed by atoms with Gasteiger partial charge in [0.1, 0.15) is 0 Å². The van der Waals surface area contributed by atoms with Gasteiger partial charge in [0.05, 0.1) is 6.61 Å². The second-order valence-corrected chi connectivity index (χ2v) is 6.33. The van der Waals surface area contributed by atoms with Crippen molar-refractivity contribution in [2.24, 2.45) is 11.8 Å². The zero-order valence-electron chi connectivity index (χ0n) is 10.5. The molecule has 18 heavy (non-hydrogen) atoms. The van der Waals surface area contributed by atoms with Gasteiger partial charge in [-0.1, -0.05) is 6.42 Å². The molecule has 98 valence electrons. The number of aromatic nitrogens is 1. The number of carbonyl (C=O) groups is 1. The van der Waals surface area contributed by atoms with E-state index in [0.29, 0.717) is 23.4 Å². The Balaban J connectivity index is 1.89. The number of thiazole rings is 1. The molecule has 3 unspecified atom stereocenters. The number of ether oxygens (including phenoxy) is 1. The topological polar surface area (TPSA) is 65.2 Å². The summed E-state index contributed by atoms with van der Waals surface area (Å²) < 4.78 is 5.07. The fraction of sp³-hybridized carbons (Fsp3) is 0.692. The smallest absolute Gasteiger partial charge is 0.358 e. The van der Waals surface area contributed by atoms with Crippen molar-refractivity contribution in [2.45, 2.75) is 38.5 Å². The fourth-order valence-electron chi connectivity index (χ4n) is 3.51. The van der Waals surface area contributed by atoms with Gasteiger partial charge in [0.2, 0.25) is 0 Å². The number of nitrogen functional groups attached to an aromatic ring is 1. The van der Waals surface area contributed by atoms with E-state index >= 15 is 0 Å². The third kappa shape index (κ3) is 1.90. The fourth-order valence-corrected chi connectivity index (χ4v) is 4.54. The van der Waals surface area contributed by atoms with Crippen molar-refractivity contribution in [3.63, 3.8) is 0 Å². The highest BCUT2D eigenvalue weighted by Gasteiger charge is 2.42. The van der Waals surface area contributed by atoms with Crippen LogP contribution in [0.25, 0.3) is 0 Å². The van der Waals surface area contributed by atoms with Gasteiger partial charge < -0.3 is 10.5 Å². The average molecular weight is 266 g/mol. The molecule has 0 amide bonds. The van der Waals surface area contributed by atoms with Crippen molar-refractivity contribution >= 4 is 22.4 Å². The molecule has 1 aromatic heterocycles. The van der Waals surface area contributed by atoms with Crippen LogP contribution in [0.1, 0.15) is 53.9 Å². The Morgan fingerprint density at radius 1 is 1.50 bits per heavy atom. The monoisotopic (exact) mass is 266 g/mol. The van der Waals surface area contributed by atoms with E-state index in [0.717, 1.165) is 16.7 Å². The van der Waals surface area contributed by atoms with Gasteiger partial charge in [-0.15, -0.1) is 11.3 Å². The number of anilines is 1. The zero-order chi connectivity index (χ0) is 12.7. The first-order valence-electron chi connectivity index (χ1n) is 6.62. The lowest BCUT2D eigenvalue weighted by molar-refractivity contribution is 0.0518. The molecular formula is C13H18N2O2S. The Hall–Kier alpha value is -1.10. The number of esters is 1. The van der Waals surface area contributed by atoms with E-state index in [1.807, 2.05) is 6.92 Å². The summed E-state index contributed by atoms with van der Waals surface area (Å²) in [6.45, 7) is 2.19. The van der Waals surface area contributed by atoms with E-state index in [1.54, 1.807) is 0 Å². The van der Waals surface area contributed by atoms with Crippen molar-refractivity contribution < 1.29 is 9.53 Å². The minimum absolute atomic E-state index is 0.316. The number of rotatable bonds is 3. The lowest BCUT2D eigenvalue weighted by Gasteiger charge is -2.20. The Bertz CT molecular complexity index is 472. The minimum Gasteiger partial charge on any atom is -0.461 e. The molecule has 0 saturated heterocycles. The van der Waals surface area contributed by atoms with Crippen LogP contribution in [-0.4, -0.2) is 17.6 Å². The minimum atomic E-state index is -0.316. The maximum atomic E-state index is 11.9. The van der Waals surface area contributed by atoms with Crippen LogP contribution in [0.5, 0.6) is 0 Å². The summed E-state index contributed by atoms with van der Waals surface area (Å²) >= 11 is 1.47. The summed E-state index contributed by atoms with van der Waals surface area (Å²) in [5.74, 6) is 1.74. The van der Waals surface area contributed by atoms with E-state index in [1.165, 1.54) is 37.0 Å². The molecule has 4 nitrogen and oxygen atoms in total. The molecule has 1 aromatic rings. The standard InChI is InChI=1S/C13H18N2O2S/c1-2-17-12(16)10-11(18-13(14)15-10)9-6-7-3-4-8(9)5-7/h7-9H,2-6H2,1H3,(H2,14,15). The first kappa shape index (κ1) is 12.0. The molecule has 2 saturated carbocycles. The predicted octanol–water partition coefficient (Wildman–Crippen LogP) is 2.81. The molecule has 2 aliphatic carbocycles. The normalized spacial score (nSPS) is 29.7. The molecule has 2 N–H and O–H groups in total. The van der Waals surface area contributed by atoms with E-state index in [4.69, 9.17) is 10.5 Å².